The molecule has 5 nitrogen and oxygen atoms in total. The van der Waals surface area contributed by atoms with Crippen molar-refractivity contribution in [3.05, 3.63) is 11.1 Å². The molecule has 0 spiro atoms. The van der Waals surface area contributed by atoms with Crippen LogP contribution < -0.4 is 5.73 Å². The zero-order valence-electron chi connectivity index (χ0n) is 10.8. The molecule has 1 aromatic heterocycles. The number of piperidine rings is 1. The smallest absolute Gasteiger partial charge is 0.228 e. The van der Waals surface area contributed by atoms with Crippen molar-refractivity contribution in [2.75, 3.05) is 19.4 Å². The third kappa shape index (κ3) is 3.00. The Morgan fingerprint density at radius 2 is 2.50 bits per heavy atom. The van der Waals surface area contributed by atoms with Gasteiger partial charge in [0.15, 0.2) is 5.13 Å². The second-order valence-corrected chi connectivity index (χ2v) is 5.56. The Morgan fingerprint density at radius 1 is 1.72 bits per heavy atom. The van der Waals surface area contributed by atoms with Crippen molar-refractivity contribution in [3.63, 3.8) is 0 Å². The fraction of sp³-hybridized carbons (Fsp3) is 0.667. The van der Waals surface area contributed by atoms with Crippen LogP contribution in [-0.2, 0) is 16.0 Å². The molecule has 1 fully saturated rings. The summed E-state index contributed by atoms with van der Waals surface area (Å²) in [6.07, 6.45) is 2.43. The molecular weight excluding hydrogens is 250 g/mol. The minimum atomic E-state index is 0.127. The van der Waals surface area contributed by atoms with Gasteiger partial charge in [0.05, 0.1) is 18.2 Å². The number of anilines is 1. The fourth-order valence-electron chi connectivity index (χ4n) is 2.37. The molecular formula is C12H19N3O2S. The first kappa shape index (κ1) is 13.3. The van der Waals surface area contributed by atoms with Crippen molar-refractivity contribution >= 4 is 22.4 Å². The number of carbonyl (C=O) groups is 1. The van der Waals surface area contributed by atoms with Gasteiger partial charge in [-0.1, -0.05) is 0 Å². The maximum Gasteiger partial charge on any atom is 0.228 e. The van der Waals surface area contributed by atoms with Gasteiger partial charge in [-0.25, -0.2) is 4.98 Å². The Hall–Kier alpha value is -1.14. The largest absolute Gasteiger partial charge is 0.381 e. The van der Waals surface area contributed by atoms with Crippen molar-refractivity contribution in [1.82, 2.24) is 9.88 Å². The summed E-state index contributed by atoms with van der Waals surface area (Å²) in [4.78, 5) is 18.2. The summed E-state index contributed by atoms with van der Waals surface area (Å²) < 4.78 is 5.35. The third-order valence-corrected chi connectivity index (χ3v) is 4.11. The van der Waals surface area contributed by atoms with E-state index in [1.165, 1.54) is 11.3 Å². The van der Waals surface area contributed by atoms with Crippen LogP contribution in [0.2, 0.25) is 0 Å². The second kappa shape index (κ2) is 5.67. The van der Waals surface area contributed by atoms with Crippen molar-refractivity contribution in [3.8, 4) is 0 Å². The van der Waals surface area contributed by atoms with Gasteiger partial charge in [0.2, 0.25) is 5.91 Å². The number of aromatic nitrogens is 1. The van der Waals surface area contributed by atoms with E-state index in [9.17, 15) is 4.79 Å². The van der Waals surface area contributed by atoms with E-state index in [0.717, 1.165) is 25.1 Å². The van der Waals surface area contributed by atoms with E-state index < -0.39 is 0 Å². The number of nitrogens with zero attached hydrogens (tertiary/aromatic N) is 2. The van der Waals surface area contributed by atoms with Crippen LogP contribution in [0.4, 0.5) is 5.13 Å². The number of hydrogen-bond donors (Lipinski definition) is 1. The van der Waals surface area contributed by atoms with E-state index in [1.807, 2.05) is 10.3 Å². The van der Waals surface area contributed by atoms with Crippen LogP contribution in [0, 0.1) is 0 Å². The van der Waals surface area contributed by atoms with Crippen molar-refractivity contribution < 1.29 is 9.53 Å². The first-order valence-electron chi connectivity index (χ1n) is 6.12. The summed E-state index contributed by atoms with van der Waals surface area (Å²) in [6, 6.07) is 0.229. The van der Waals surface area contributed by atoms with Crippen LogP contribution in [0.3, 0.4) is 0 Å². The van der Waals surface area contributed by atoms with Gasteiger partial charge in [-0.3, -0.25) is 4.79 Å². The Balaban J connectivity index is 1.93. The van der Waals surface area contributed by atoms with Crippen LogP contribution in [0.5, 0.6) is 0 Å². The van der Waals surface area contributed by atoms with Crippen molar-refractivity contribution in [2.24, 2.45) is 0 Å². The molecule has 1 aliphatic heterocycles. The lowest BCUT2D eigenvalue weighted by Gasteiger charge is -2.37. The quantitative estimate of drug-likeness (QED) is 0.898. The van der Waals surface area contributed by atoms with Gasteiger partial charge in [-0.05, 0) is 19.8 Å². The highest BCUT2D eigenvalue weighted by molar-refractivity contribution is 7.13. The number of methoxy groups -OCH3 is 1. The number of nitrogen functional groups attached to an aromatic ring is 1. The topological polar surface area (TPSA) is 68.5 Å². The third-order valence-electron chi connectivity index (χ3n) is 3.38. The minimum Gasteiger partial charge on any atom is -0.381 e. The van der Waals surface area contributed by atoms with Gasteiger partial charge in [0, 0.05) is 25.1 Å². The van der Waals surface area contributed by atoms with E-state index in [4.69, 9.17) is 10.5 Å². The number of hydrogen-bond acceptors (Lipinski definition) is 5. The molecule has 0 radical (unpaired) electrons. The second-order valence-electron chi connectivity index (χ2n) is 4.67. The fourth-order valence-corrected chi connectivity index (χ4v) is 2.94. The molecule has 100 valence electrons. The van der Waals surface area contributed by atoms with E-state index in [-0.39, 0.29) is 18.1 Å². The van der Waals surface area contributed by atoms with E-state index in [0.29, 0.717) is 11.6 Å². The summed E-state index contributed by atoms with van der Waals surface area (Å²) in [5.41, 5.74) is 6.33. The van der Waals surface area contributed by atoms with Gasteiger partial charge in [0.1, 0.15) is 0 Å². The van der Waals surface area contributed by atoms with Crippen LogP contribution >= 0.6 is 11.3 Å². The number of amides is 1. The molecule has 1 saturated heterocycles. The SMILES string of the molecule is COC1CCN(C(=O)Cc2csc(N)n2)C(C)C1. The number of ether oxygens (including phenoxy) is 1. The molecule has 18 heavy (non-hydrogen) atoms. The highest BCUT2D eigenvalue weighted by Crippen LogP contribution is 2.21. The Labute approximate surface area is 111 Å². The summed E-state index contributed by atoms with van der Waals surface area (Å²) in [5, 5.41) is 2.36. The maximum absolute atomic E-state index is 12.2. The molecule has 2 rings (SSSR count). The van der Waals surface area contributed by atoms with E-state index in [2.05, 4.69) is 11.9 Å². The molecule has 0 aromatic carbocycles. The molecule has 2 heterocycles. The van der Waals surface area contributed by atoms with Gasteiger partial charge in [0.25, 0.3) is 0 Å². The Bertz CT molecular complexity index is 421. The van der Waals surface area contributed by atoms with Gasteiger partial charge < -0.3 is 15.4 Å². The summed E-state index contributed by atoms with van der Waals surface area (Å²) >= 11 is 1.37. The molecule has 2 N–H and O–H groups in total. The number of likely N-dealkylation sites (tertiary alicyclic amines) is 1. The molecule has 0 bridgehead atoms. The molecule has 2 unspecified atom stereocenters. The van der Waals surface area contributed by atoms with Gasteiger partial charge in [-0.2, -0.15) is 0 Å². The summed E-state index contributed by atoms with van der Waals surface area (Å²) in [7, 11) is 1.73. The van der Waals surface area contributed by atoms with Crippen molar-refractivity contribution in [1.29, 1.82) is 0 Å². The lowest BCUT2D eigenvalue weighted by molar-refractivity contribution is -0.135. The number of carbonyl (C=O) groups excluding carboxylic acids is 1. The average molecular weight is 269 g/mol. The molecule has 1 amide bonds. The standard InChI is InChI=1S/C12H19N3O2S/c1-8-5-10(17-2)3-4-15(8)11(16)6-9-7-18-12(13)14-9/h7-8,10H,3-6H2,1-2H3,(H2,13,14). The molecule has 1 aliphatic rings. The van der Waals surface area contributed by atoms with E-state index in [1.54, 1.807) is 7.11 Å². The Kier molecular flexibility index (Phi) is 4.19. The lowest BCUT2D eigenvalue weighted by Crippen LogP contribution is -2.47. The van der Waals surface area contributed by atoms with Crippen molar-refractivity contribution in [2.45, 2.75) is 38.3 Å². The summed E-state index contributed by atoms with van der Waals surface area (Å²) in [6.45, 7) is 2.83. The highest BCUT2D eigenvalue weighted by atomic mass is 32.1. The van der Waals surface area contributed by atoms with Crippen LogP contribution in [0.25, 0.3) is 0 Å². The minimum absolute atomic E-state index is 0.127. The lowest BCUT2D eigenvalue weighted by atomic mass is 10.00. The predicted octanol–water partition coefficient (Wildman–Crippen LogP) is 1.29. The van der Waals surface area contributed by atoms with Crippen LogP contribution in [0.1, 0.15) is 25.5 Å². The first-order valence-corrected chi connectivity index (χ1v) is 7.00. The van der Waals surface area contributed by atoms with Gasteiger partial charge in [-0.15, -0.1) is 11.3 Å². The molecule has 6 heteroatoms. The molecule has 1 aromatic rings. The molecule has 2 atom stereocenters. The first-order chi connectivity index (χ1) is 8.60. The van der Waals surface area contributed by atoms with Crippen LogP contribution in [-0.4, -0.2) is 41.6 Å². The van der Waals surface area contributed by atoms with E-state index >= 15 is 0 Å². The predicted molar refractivity (Wildman–Crippen MR) is 71.4 cm³/mol. The highest BCUT2D eigenvalue weighted by Gasteiger charge is 2.28. The monoisotopic (exact) mass is 269 g/mol. The molecule has 0 saturated carbocycles. The number of thiazole rings is 1. The normalized spacial score (nSPS) is 24.2. The molecule has 0 aliphatic carbocycles. The van der Waals surface area contributed by atoms with Crippen LogP contribution in [0.15, 0.2) is 5.38 Å². The number of rotatable bonds is 3. The zero-order chi connectivity index (χ0) is 13.1. The summed E-state index contributed by atoms with van der Waals surface area (Å²) in [5.74, 6) is 0.127. The average Bonchev–Trinajstić information content (AvgIpc) is 2.74. The number of nitrogens with two attached hydrogens (primary N) is 1. The zero-order valence-corrected chi connectivity index (χ0v) is 11.6. The Morgan fingerprint density at radius 3 is 3.06 bits per heavy atom. The van der Waals surface area contributed by atoms with Gasteiger partial charge >= 0.3 is 0 Å². The maximum atomic E-state index is 12.2.